The number of likely N-dealkylation sites (tertiary alicyclic amines) is 1. The Morgan fingerprint density at radius 3 is 2.52 bits per heavy atom. The third-order valence-electron chi connectivity index (χ3n) is 7.19. The Morgan fingerprint density at radius 2 is 1.79 bits per heavy atom. The molecule has 1 saturated carbocycles. The van der Waals surface area contributed by atoms with Gasteiger partial charge < -0.3 is 10.6 Å². The van der Waals surface area contributed by atoms with Crippen LogP contribution in [-0.2, 0) is 4.79 Å². The number of rotatable bonds is 6. The Bertz CT molecular complexity index is 962. The van der Waals surface area contributed by atoms with Crippen LogP contribution in [0.15, 0.2) is 42.6 Å². The van der Waals surface area contributed by atoms with Crippen LogP contribution in [0.25, 0.3) is 0 Å². The molecule has 2 heterocycles. The van der Waals surface area contributed by atoms with Crippen molar-refractivity contribution in [3.05, 3.63) is 59.4 Å². The normalized spacial score (nSPS) is 19.1. The van der Waals surface area contributed by atoms with Crippen LogP contribution in [0.2, 0.25) is 0 Å². The molecule has 1 aromatic heterocycles. The average Bonchev–Trinajstić information content (AvgIpc) is 2.84. The third kappa shape index (κ3) is 6.20. The van der Waals surface area contributed by atoms with E-state index in [2.05, 4.69) is 39.6 Å². The fraction of sp³-hybridized carbons (Fsp3) is 0.519. The monoisotopic (exact) mass is 448 g/mol. The molecule has 176 valence electrons. The molecule has 6 nitrogen and oxygen atoms in total. The number of carbonyl (C=O) groups is 2. The predicted molar refractivity (Wildman–Crippen MR) is 131 cm³/mol. The number of hydrogen-bond donors (Lipinski definition) is 2. The molecule has 1 atom stereocenters. The number of nitrogens with one attached hydrogen (secondary N) is 2. The minimum atomic E-state index is -0.130. The second-order valence-corrected chi connectivity index (χ2v) is 9.60. The largest absolute Gasteiger partial charge is 0.353 e. The van der Waals surface area contributed by atoms with Crippen molar-refractivity contribution in [1.29, 1.82) is 0 Å². The number of aryl methyl sites for hydroxylation is 1. The van der Waals surface area contributed by atoms with Crippen molar-refractivity contribution in [2.75, 3.05) is 18.4 Å². The minimum absolute atomic E-state index is 0.129. The van der Waals surface area contributed by atoms with Crippen LogP contribution in [0.4, 0.5) is 5.69 Å². The zero-order valence-corrected chi connectivity index (χ0v) is 19.8. The number of carbonyl (C=O) groups excluding carboxylic acids is 2. The van der Waals surface area contributed by atoms with E-state index in [1.54, 1.807) is 18.3 Å². The summed E-state index contributed by atoms with van der Waals surface area (Å²) in [6.07, 6.45) is 9.51. The molecule has 4 rings (SSSR count). The highest BCUT2D eigenvalue weighted by Gasteiger charge is 2.29. The number of pyridine rings is 1. The molecule has 6 heteroatoms. The van der Waals surface area contributed by atoms with Crippen molar-refractivity contribution in [2.45, 2.75) is 70.9 Å². The first kappa shape index (κ1) is 23.4. The fourth-order valence-corrected chi connectivity index (χ4v) is 5.09. The van der Waals surface area contributed by atoms with Gasteiger partial charge in [0, 0.05) is 41.1 Å². The Hall–Kier alpha value is -2.73. The van der Waals surface area contributed by atoms with Gasteiger partial charge in [-0.05, 0) is 82.4 Å². The summed E-state index contributed by atoms with van der Waals surface area (Å²) in [6, 6.07) is 12.2. The molecule has 1 aliphatic carbocycles. The van der Waals surface area contributed by atoms with E-state index >= 15 is 0 Å². The molecular weight excluding hydrogens is 412 g/mol. The van der Waals surface area contributed by atoms with Crippen LogP contribution in [0, 0.1) is 12.8 Å². The molecule has 2 N–H and O–H groups in total. The van der Waals surface area contributed by atoms with Crippen LogP contribution in [0.5, 0.6) is 0 Å². The Morgan fingerprint density at radius 1 is 1.03 bits per heavy atom. The maximum Gasteiger partial charge on any atom is 0.255 e. The van der Waals surface area contributed by atoms with Crippen LogP contribution in [-0.4, -0.2) is 40.8 Å². The fourth-order valence-electron chi connectivity index (χ4n) is 5.09. The summed E-state index contributed by atoms with van der Waals surface area (Å²) in [6.45, 7) is 5.91. The molecule has 1 saturated heterocycles. The van der Waals surface area contributed by atoms with Gasteiger partial charge in [-0.3, -0.25) is 19.5 Å². The van der Waals surface area contributed by atoms with Crippen LogP contribution < -0.4 is 10.6 Å². The van der Waals surface area contributed by atoms with E-state index < -0.39 is 0 Å². The summed E-state index contributed by atoms with van der Waals surface area (Å²) in [5.74, 6) is 0.255. The van der Waals surface area contributed by atoms with E-state index in [4.69, 9.17) is 0 Å². The standard InChI is InChI=1S/C27H36N4O2/c1-19-17-23(11-14-28-19)27(33)30-25-10-6-7-22(18-25)20(2)31-15-12-21(13-16-31)26(32)29-24-8-4-3-5-9-24/h6-7,10-11,14,17-18,20-21,24H,3-5,8-9,12-13,15-16H2,1-2H3,(H,29,32)(H,30,33). The molecule has 0 radical (unpaired) electrons. The van der Waals surface area contributed by atoms with E-state index in [9.17, 15) is 9.59 Å². The zero-order valence-electron chi connectivity index (χ0n) is 19.8. The van der Waals surface area contributed by atoms with Crippen LogP contribution >= 0.6 is 0 Å². The predicted octanol–water partition coefficient (Wildman–Crippen LogP) is 4.86. The van der Waals surface area contributed by atoms with Crippen molar-refractivity contribution in [2.24, 2.45) is 5.92 Å². The van der Waals surface area contributed by atoms with E-state index in [0.29, 0.717) is 11.6 Å². The van der Waals surface area contributed by atoms with Crippen LogP contribution in [0.1, 0.15) is 79.5 Å². The van der Waals surface area contributed by atoms with Crippen molar-refractivity contribution in [1.82, 2.24) is 15.2 Å². The molecule has 2 aromatic rings. The number of aromatic nitrogens is 1. The maximum atomic E-state index is 12.7. The lowest BCUT2D eigenvalue weighted by atomic mass is 9.91. The van der Waals surface area contributed by atoms with E-state index in [1.165, 1.54) is 24.8 Å². The highest BCUT2D eigenvalue weighted by atomic mass is 16.2. The SMILES string of the molecule is Cc1cc(C(=O)Nc2cccc(C(C)N3CCC(C(=O)NC4CCCCC4)CC3)c2)ccn1. The first-order chi connectivity index (χ1) is 16.0. The van der Waals surface area contributed by atoms with Gasteiger partial charge in [0.05, 0.1) is 0 Å². The number of anilines is 1. The summed E-state index contributed by atoms with van der Waals surface area (Å²) in [5.41, 5.74) is 3.39. The van der Waals surface area contributed by atoms with Gasteiger partial charge in [-0.25, -0.2) is 0 Å². The molecule has 2 aliphatic rings. The van der Waals surface area contributed by atoms with Gasteiger partial charge >= 0.3 is 0 Å². The van der Waals surface area contributed by atoms with Crippen LogP contribution in [0.3, 0.4) is 0 Å². The second kappa shape index (κ2) is 10.9. The Labute approximate surface area is 197 Å². The quantitative estimate of drug-likeness (QED) is 0.662. The summed E-state index contributed by atoms with van der Waals surface area (Å²) >= 11 is 0. The van der Waals surface area contributed by atoms with Crippen molar-refractivity contribution in [3.8, 4) is 0 Å². The molecule has 1 aliphatic heterocycles. The van der Waals surface area contributed by atoms with Gasteiger partial charge in [-0.1, -0.05) is 31.4 Å². The number of amides is 2. The molecule has 0 spiro atoms. The molecule has 2 amide bonds. The number of nitrogens with zero attached hydrogens (tertiary/aromatic N) is 2. The van der Waals surface area contributed by atoms with Crippen molar-refractivity contribution >= 4 is 17.5 Å². The Kier molecular flexibility index (Phi) is 7.76. The third-order valence-corrected chi connectivity index (χ3v) is 7.19. The van der Waals surface area contributed by atoms with Gasteiger partial charge in [0.2, 0.25) is 5.91 Å². The average molecular weight is 449 g/mol. The number of piperidine rings is 1. The molecular formula is C27H36N4O2. The highest BCUT2D eigenvalue weighted by Crippen LogP contribution is 2.29. The first-order valence-electron chi connectivity index (χ1n) is 12.4. The molecule has 1 aromatic carbocycles. The maximum absolute atomic E-state index is 12.7. The summed E-state index contributed by atoms with van der Waals surface area (Å²) in [4.78, 5) is 31.9. The smallest absolute Gasteiger partial charge is 0.255 e. The molecule has 33 heavy (non-hydrogen) atoms. The summed E-state index contributed by atoms with van der Waals surface area (Å²) in [7, 11) is 0. The molecule has 2 fully saturated rings. The lowest BCUT2D eigenvalue weighted by molar-refractivity contribution is -0.127. The van der Waals surface area contributed by atoms with Gasteiger partial charge in [-0.15, -0.1) is 0 Å². The first-order valence-corrected chi connectivity index (χ1v) is 12.4. The van der Waals surface area contributed by atoms with E-state index in [-0.39, 0.29) is 23.8 Å². The zero-order chi connectivity index (χ0) is 23.2. The van der Waals surface area contributed by atoms with Gasteiger partial charge in [0.15, 0.2) is 0 Å². The van der Waals surface area contributed by atoms with Gasteiger partial charge in [0.25, 0.3) is 5.91 Å². The van der Waals surface area contributed by atoms with E-state index in [1.807, 2.05) is 19.1 Å². The highest BCUT2D eigenvalue weighted by molar-refractivity contribution is 6.04. The summed E-state index contributed by atoms with van der Waals surface area (Å²) < 4.78 is 0. The van der Waals surface area contributed by atoms with E-state index in [0.717, 1.165) is 50.2 Å². The lowest BCUT2D eigenvalue weighted by Gasteiger charge is -2.36. The minimum Gasteiger partial charge on any atom is -0.353 e. The number of benzene rings is 1. The lowest BCUT2D eigenvalue weighted by Crippen LogP contribution is -2.44. The van der Waals surface area contributed by atoms with Crippen molar-refractivity contribution in [3.63, 3.8) is 0 Å². The molecule has 0 bridgehead atoms. The second-order valence-electron chi connectivity index (χ2n) is 9.60. The van der Waals surface area contributed by atoms with Gasteiger partial charge in [0.1, 0.15) is 0 Å². The topological polar surface area (TPSA) is 74.3 Å². The van der Waals surface area contributed by atoms with Crippen molar-refractivity contribution < 1.29 is 9.59 Å². The summed E-state index contributed by atoms with van der Waals surface area (Å²) in [5, 5.41) is 6.31. The Balaban J connectivity index is 1.31. The molecule has 1 unspecified atom stereocenters. The number of hydrogen-bond acceptors (Lipinski definition) is 4. The van der Waals surface area contributed by atoms with Gasteiger partial charge in [-0.2, -0.15) is 0 Å².